The Bertz CT molecular complexity index is 568. The highest BCUT2D eigenvalue weighted by Crippen LogP contribution is 2.31. The highest BCUT2D eigenvalue weighted by Gasteiger charge is 2.37. The molecule has 3 unspecified atom stereocenters. The fourth-order valence-corrected chi connectivity index (χ4v) is 5.68. The monoisotopic (exact) mass is 387 g/mol. The van der Waals surface area contributed by atoms with Gasteiger partial charge in [0.15, 0.2) is 0 Å². The minimum atomic E-state index is -0.0841. The minimum absolute atomic E-state index is 0.0841. The number of benzene rings is 1. The number of nitrogens with zero attached hydrogens (tertiary/aromatic N) is 1. The molecule has 4 heteroatoms. The third kappa shape index (κ3) is 5.27. The van der Waals surface area contributed by atoms with Crippen molar-refractivity contribution in [1.82, 2.24) is 10.6 Å². The molecule has 0 saturated heterocycles. The third-order valence-electron chi connectivity index (χ3n) is 7.24. The molecule has 0 aromatic heterocycles. The Morgan fingerprint density at radius 2 is 1.29 bits per heavy atom. The summed E-state index contributed by atoms with van der Waals surface area (Å²) in [6.07, 6.45) is 16.3. The second-order valence-electron chi connectivity index (χ2n) is 9.33. The average Bonchev–Trinajstić information content (AvgIpc) is 2.76. The molecule has 3 atom stereocenters. The fraction of sp³-hybridized carbons (Fsp3) is 0.750. The highest BCUT2D eigenvalue weighted by atomic mass is 19.2. The van der Waals surface area contributed by atoms with Crippen LogP contribution in [0.15, 0.2) is 30.3 Å². The van der Waals surface area contributed by atoms with Crippen LogP contribution in [0.1, 0.15) is 83.5 Å². The third-order valence-corrected chi connectivity index (χ3v) is 7.24. The van der Waals surface area contributed by atoms with E-state index in [2.05, 4.69) is 10.6 Å². The highest BCUT2D eigenvalue weighted by molar-refractivity contribution is 5.44. The van der Waals surface area contributed by atoms with Crippen LogP contribution in [0.2, 0.25) is 0 Å². The Hall–Kier alpha value is -1.13. The van der Waals surface area contributed by atoms with Crippen molar-refractivity contribution in [1.29, 1.82) is 0 Å². The zero-order valence-corrected chi connectivity index (χ0v) is 17.3. The first-order chi connectivity index (χ1) is 13.8. The van der Waals surface area contributed by atoms with Gasteiger partial charge in [-0.15, -0.1) is 0 Å². The van der Waals surface area contributed by atoms with Gasteiger partial charge in [0, 0.05) is 24.2 Å². The van der Waals surface area contributed by atoms with E-state index in [0.29, 0.717) is 23.8 Å². The van der Waals surface area contributed by atoms with E-state index in [1.807, 2.05) is 30.3 Å². The molecule has 3 aliphatic carbocycles. The zero-order valence-electron chi connectivity index (χ0n) is 17.3. The van der Waals surface area contributed by atoms with E-state index >= 15 is 4.48 Å². The van der Waals surface area contributed by atoms with Gasteiger partial charge in [0.1, 0.15) is 0 Å². The first kappa shape index (κ1) is 20.2. The molecule has 3 nitrogen and oxygen atoms in total. The van der Waals surface area contributed by atoms with E-state index in [1.165, 1.54) is 70.6 Å². The summed E-state index contributed by atoms with van der Waals surface area (Å²) in [5.41, 5.74) is 0.696. The number of anilines is 1. The predicted octanol–water partition coefficient (Wildman–Crippen LogP) is 5.51. The van der Waals surface area contributed by atoms with Crippen LogP contribution in [0, 0.1) is 0 Å². The van der Waals surface area contributed by atoms with Gasteiger partial charge in [-0.2, -0.15) is 0 Å². The van der Waals surface area contributed by atoms with Crippen molar-refractivity contribution >= 4 is 5.69 Å². The lowest BCUT2D eigenvalue weighted by Gasteiger charge is -2.43. The maximum Gasteiger partial charge on any atom is 0.0783 e. The Kier molecular flexibility index (Phi) is 7.25. The lowest BCUT2D eigenvalue weighted by atomic mass is 9.83. The van der Waals surface area contributed by atoms with Gasteiger partial charge in [0.25, 0.3) is 0 Å². The van der Waals surface area contributed by atoms with Crippen molar-refractivity contribution in [2.45, 2.75) is 114 Å². The molecular formula is C24H38FN3. The number of para-hydroxylation sites is 1. The molecule has 156 valence electrons. The number of hydrogen-bond donors (Lipinski definition) is 2. The molecule has 1 aromatic rings. The fourth-order valence-electron chi connectivity index (χ4n) is 5.68. The van der Waals surface area contributed by atoms with Gasteiger partial charge in [-0.25, -0.2) is 5.12 Å². The molecule has 1 aromatic carbocycles. The van der Waals surface area contributed by atoms with E-state index in [1.54, 1.807) is 0 Å². The minimum Gasteiger partial charge on any atom is -0.311 e. The molecule has 3 fully saturated rings. The van der Waals surface area contributed by atoms with Gasteiger partial charge >= 0.3 is 0 Å². The van der Waals surface area contributed by atoms with Crippen LogP contribution >= 0.6 is 0 Å². The SMILES string of the molecule is FN(c1ccccc1)C1CC(NC2CCCCC2)CCC1NC1CCCCC1. The summed E-state index contributed by atoms with van der Waals surface area (Å²) < 4.78 is 15.5. The van der Waals surface area contributed by atoms with Crippen molar-refractivity contribution in [2.24, 2.45) is 0 Å². The smallest absolute Gasteiger partial charge is 0.0783 e. The summed E-state index contributed by atoms with van der Waals surface area (Å²) in [4.78, 5) is 0. The first-order valence-corrected chi connectivity index (χ1v) is 11.8. The summed E-state index contributed by atoms with van der Waals surface area (Å²) in [7, 11) is 0. The Morgan fingerprint density at radius 1 is 0.679 bits per heavy atom. The lowest BCUT2D eigenvalue weighted by Crippen LogP contribution is -2.57. The van der Waals surface area contributed by atoms with Gasteiger partial charge in [-0.05, 0) is 57.1 Å². The van der Waals surface area contributed by atoms with E-state index in [0.717, 1.165) is 18.0 Å². The maximum absolute atomic E-state index is 15.5. The molecular weight excluding hydrogens is 349 g/mol. The van der Waals surface area contributed by atoms with Crippen LogP contribution in [0.25, 0.3) is 0 Å². The Labute approximate surface area is 170 Å². The van der Waals surface area contributed by atoms with Crippen LogP contribution in [0.5, 0.6) is 0 Å². The van der Waals surface area contributed by atoms with Crippen LogP contribution in [0.4, 0.5) is 10.2 Å². The molecule has 2 N–H and O–H groups in total. The van der Waals surface area contributed by atoms with Gasteiger partial charge in [-0.1, -0.05) is 61.2 Å². The molecule has 28 heavy (non-hydrogen) atoms. The molecule has 0 spiro atoms. The molecule has 0 radical (unpaired) electrons. The number of rotatable bonds is 6. The van der Waals surface area contributed by atoms with E-state index < -0.39 is 0 Å². The van der Waals surface area contributed by atoms with Crippen LogP contribution in [-0.4, -0.2) is 30.2 Å². The van der Waals surface area contributed by atoms with Crippen molar-refractivity contribution in [2.75, 3.05) is 5.12 Å². The van der Waals surface area contributed by atoms with Crippen molar-refractivity contribution < 1.29 is 4.48 Å². The molecule has 0 aliphatic heterocycles. The van der Waals surface area contributed by atoms with Crippen molar-refractivity contribution in [3.8, 4) is 0 Å². The zero-order chi connectivity index (χ0) is 19.2. The van der Waals surface area contributed by atoms with Gasteiger partial charge in [0.05, 0.1) is 11.7 Å². The Balaban J connectivity index is 1.42. The van der Waals surface area contributed by atoms with Gasteiger partial charge < -0.3 is 10.6 Å². The summed E-state index contributed by atoms with van der Waals surface area (Å²) in [6.45, 7) is 0. The van der Waals surface area contributed by atoms with Gasteiger partial charge in [-0.3, -0.25) is 0 Å². The maximum atomic E-state index is 15.5. The lowest BCUT2D eigenvalue weighted by molar-refractivity contribution is 0.181. The van der Waals surface area contributed by atoms with E-state index in [4.69, 9.17) is 0 Å². The standard InChI is InChI=1S/C24H38FN3/c25-28(22-14-8-3-9-15-22)24-18-21(26-19-10-4-1-5-11-19)16-17-23(24)27-20-12-6-2-7-13-20/h3,8-9,14-15,19-21,23-24,26-27H,1-2,4-7,10-13,16-18H2. The van der Waals surface area contributed by atoms with Gasteiger partial charge in [0.2, 0.25) is 0 Å². The summed E-state index contributed by atoms with van der Waals surface area (Å²) in [5, 5.41) is 8.84. The summed E-state index contributed by atoms with van der Waals surface area (Å²) in [5.74, 6) is 0. The molecule has 0 heterocycles. The molecule has 0 bridgehead atoms. The summed E-state index contributed by atoms with van der Waals surface area (Å²) in [6, 6.07) is 11.5. The number of nitrogens with one attached hydrogen (secondary N) is 2. The van der Waals surface area contributed by atoms with E-state index in [9.17, 15) is 0 Å². The Morgan fingerprint density at radius 3 is 1.93 bits per heavy atom. The molecule has 0 amide bonds. The number of halogens is 1. The summed E-state index contributed by atoms with van der Waals surface area (Å²) >= 11 is 0. The van der Waals surface area contributed by atoms with Crippen molar-refractivity contribution in [3.63, 3.8) is 0 Å². The number of hydrogen-bond acceptors (Lipinski definition) is 3. The van der Waals surface area contributed by atoms with Crippen LogP contribution in [0.3, 0.4) is 0 Å². The van der Waals surface area contributed by atoms with Crippen LogP contribution in [-0.2, 0) is 0 Å². The molecule has 3 aliphatic rings. The van der Waals surface area contributed by atoms with Crippen LogP contribution < -0.4 is 15.8 Å². The first-order valence-electron chi connectivity index (χ1n) is 11.8. The second kappa shape index (κ2) is 10.1. The molecule has 4 rings (SSSR count). The topological polar surface area (TPSA) is 27.3 Å². The van der Waals surface area contributed by atoms with Crippen molar-refractivity contribution in [3.05, 3.63) is 30.3 Å². The molecule has 3 saturated carbocycles. The largest absolute Gasteiger partial charge is 0.311 e. The quantitative estimate of drug-likeness (QED) is 0.630. The van der Waals surface area contributed by atoms with E-state index in [-0.39, 0.29) is 12.1 Å². The predicted molar refractivity (Wildman–Crippen MR) is 115 cm³/mol. The normalized spacial score (nSPS) is 30.2. The average molecular weight is 388 g/mol. The second-order valence-corrected chi connectivity index (χ2v) is 9.33.